The van der Waals surface area contributed by atoms with Gasteiger partial charge in [0.05, 0.1) is 5.92 Å². The van der Waals surface area contributed by atoms with Gasteiger partial charge in [0, 0.05) is 0 Å². The monoisotopic (exact) mass is 173 g/mol. The van der Waals surface area contributed by atoms with Crippen molar-refractivity contribution >= 4 is 0 Å². The molecular weight excluding hydrogens is 165 g/mol. The fourth-order valence-electron chi connectivity index (χ4n) is 0.866. The summed E-state index contributed by atoms with van der Waals surface area (Å²) in [4.78, 5) is 0. The molecular formula is C9H8F3. The van der Waals surface area contributed by atoms with E-state index in [1.54, 1.807) is 12.1 Å². The van der Waals surface area contributed by atoms with Gasteiger partial charge in [-0.05, 0) is 18.6 Å². The Kier molecular flexibility index (Phi) is 2.40. The Morgan fingerprint density at radius 1 is 1.42 bits per heavy atom. The molecule has 0 heterocycles. The maximum atomic E-state index is 12.1. The van der Waals surface area contributed by atoms with Crippen LogP contribution in [0.1, 0.15) is 18.4 Å². The summed E-state index contributed by atoms with van der Waals surface area (Å²) in [6.07, 6.45) is -4.16. The number of hydrogen-bond acceptors (Lipinski definition) is 0. The van der Waals surface area contributed by atoms with Gasteiger partial charge in [-0.3, -0.25) is 0 Å². The molecule has 3 heteroatoms. The predicted molar refractivity (Wildman–Crippen MR) is 39.7 cm³/mol. The molecule has 1 atom stereocenters. The van der Waals surface area contributed by atoms with Crippen LogP contribution in [0.15, 0.2) is 24.3 Å². The normalized spacial score (nSPS) is 14.3. The van der Waals surface area contributed by atoms with E-state index in [0.717, 1.165) is 6.92 Å². The lowest BCUT2D eigenvalue weighted by molar-refractivity contribution is -0.146. The maximum Gasteiger partial charge on any atom is 0.395 e. The molecule has 65 valence electrons. The van der Waals surface area contributed by atoms with E-state index in [4.69, 9.17) is 0 Å². The first-order chi connectivity index (χ1) is 5.52. The number of benzene rings is 1. The van der Waals surface area contributed by atoms with E-state index in [1.165, 1.54) is 12.1 Å². The van der Waals surface area contributed by atoms with E-state index in [-0.39, 0.29) is 5.56 Å². The Balaban J connectivity index is 2.86. The zero-order valence-electron chi connectivity index (χ0n) is 6.52. The van der Waals surface area contributed by atoms with Crippen molar-refractivity contribution in [2.45, 2.75) is 19.0 Å². The number of halogens is 3. The summed E-state index contributed by atoms with van der Waals surface area (Å²) in [5.74, 6) is -1.41. The lowest BCUT2D eigenvalue weighted by Gasteiger charge is -2.15. The van der Waals surface area contributed by atoms with Gasteiger partial charge in [0.1, 0.15) is 0 Å². The summed E-state index contributed by atoms with van der Waals surface area (Å²) in [5, 5.41) is 0. The Labute approximate surface area is 69.0 Å². The quantitative estimate of drug-likeness (QED) is 0.612. The second-order valence-electron chi connectivity index (χ2n) is 2.60. The molecule has 1 radical (unpaired) electrons. The van der Waals surface area contributed by atoms with Gasteiger partial charge in [-0.2, -0.15) is 13.2 Å². The smallest absolute Gasteiger partial charge is 0.170 e. The predicted octanol–water partition coefficient (Wildman–Crippen LogP) is 3.15. The Bertz CT molecular complexity index is 238. The van der Waals surface area contributed by atoms with E-state index < -0.39 is 12.1 Å². The molecule has 0 nitrogen and oxygen atoms in total. The van der Waals surface area contributed by atoms with Crippen LogP contribution in [-0.4, -0.2) is 6.18 Å². The van der Waals surface area contributed by atoms with Crippen molar-refractivity contribution in [1.29, 1.82) is 0 Å². The summed E-state index contributed by atoms with van der Waals surface area (Å²) < 4.78 is 36.4. The van der Waals surface area contributed by atoms with Gasteiger partial charge in [-0.25, -0.2) is 0 Å². The Morgan fingerprint density at radius 3 is 2.50 bits per heavy atom. The molecule has 0 aliphatic carbocycles. The molecule has 0 bridgehead atoms. The molecule has 1 aromatic carbocycles. The second kappa shape index (κ2) is 3.17. The molecule has 0 aliphatic rings. The van der Waals surface area contributed by atoms with Crippen molar-refractivity contribution < 1.29 is 13.2 Å². The molecule has 0 spiro atoms. The van der Waals surface area contributed by atoms with Crippen molar-refractivity contribution in [3.05, 3.63) is 35.9 Å². The first kappa shape index (κ1) is 9.10. The van der Waals surface area contributed by atoms with Crippen LogP contribution >= 0.6 is 0 Å². The van der Waals surface area contributed by atoms with Crippen LogP contribution in [0.4, 0.5) is 13.2 Å². The van der Waals surface area contributed by atoms with Gasteiger partial charge >= 0.3 is 6.18 Å². The molecule has 0 saturated carbocycles. The molecule has 0 amide bonds. The highest BCUT2D eigenvalue weighted by Crippen LogP contribution is 2.33. The van der Waals surface area contributed by atoms with Crippen molar-refractivity contribution in [2.75, 3.05) is 0 Å². The van der Waals surface area contributed by atoms with Crippen molar-refractivity contribution in [1.82, 2.24) is 0 Å². The first-order valence-corrected chi connectivity index (χ1v) is 3.54. The van der Waals surface area contributed by atoms with E-state index in [2.05, 4.69) is 6.07 Å². The topological polar surface area (TPSA) is 0 Å². The van der Waals surface area contributed by atoms with Crippen molar-refractivity contribution in [3.63, 3.8) is 0 Å². The third kappa shape index (κ3) is 2.00. The zero-order chi connectivity index (χ0) is 9.19. The highest BCUT2D eigenvalue weighted by atomic mass is 19.4. The third-order valence-corrected chi connectivity index (χ3v) is 1.72. The van der Waals surface area contributed by atoms with Gasteiger partial charge in [-0.15, -0.1) is 0 Å². The summed E-state index contributed by atoms with van der Waals surface area (Å²) in [5.41, 5.74) is 0.255. The number of rotatable bonds is 1. The van der Waals surface area contributed by atoms with E-state index in [9.17, 15) is 13.2 Å². The molecule has 0 N–H and O–H groups in total. The summed E-state index contributed by atoms with van der Waals surface area (Å²) in [6.45, 7) is 1.14. The average Bonchev–Trinajstić information content (AvgIpc) is 2.03. The van der Waals surface area contributed by atoms with Crippen molar-refractivity contribution in [2.24, 2.45) is 0 Å². The minimum atomic E-state index is -4.16. The molecule has 12 heavy (non-hydrogen) atoms. The molecule has 1 aromatic rings. The fourth-order valence-corrected chi connectivity index (χ4v) is 0.866. The van der Waals surface area contributed by atoms with E-state index in [1.807, 2.05) is 0 Å². The molecule has 0 aromatic heterocycles. The highest BCUT2D eigenvalue weighted by Gasteiger charge is 2.36. The van der Waals surface area contributed by atoms with Gasteiger partial charge < -0.3 is 0 Å². The molecule has 0 unspecified atom stereocenters. The molecule has 0 fully saturated rings. The van der Waals surface area contributed by atoms with Crippen LogP contribution in [0.25, 0.3) is 0 Å². The number of hydrogen-bond donors (Lipinski definition) is 0. The van der Waals surface area contributed by atoms with Crippen LogP contribution in [0, 0.1) is 6.07 Å². The second-order valence-corrected chi connectivity index (χ2v) is 2.60. The largest absolute Gasteiger partial charge is 0.395 e. The highest BCUT2D eigenvalue weighted by molar-refractivity contribution is 5.19. The van der Waals surface area contributed by atoms with Crippen LogP contribution in [0.3, 0.4) is 0 Å². The van der Waals surface area contributed by atoms with E-state index in [0.29, 0.717) is 0 Å². The molecule has 1 rings (SSSR count). The van der Waals surface area contributed by atoms with Gasteiger partial charge in [0.15, 0.2) is 0 Å². The average molecular weight is 173 g/mol. The minimum Gasteiger partial charge on any atom is -0.170 e. The molecule has 0 saturated heterocycles. The lowest BCUT2D eigenvalue weighted by atomic mass is 10.0. The van der Waals surface area contributed by atoms with Gasteiger partial charge in [0.2, 0.25) is 0 Å². The van der Waals surface area contributed by atoms with Crippen LogP contribution in [0.2, 0.25) is 0 Å². The zero-order valence-corrected chi connectivity index (χ0v) is 6.52. The SMILES string of the molecule is C[C@@H](c1c[c]ccc1)C(F)(F)F. The van der Waals surface area contributed by atoms with Crippen LogP contribution in [-0.2, 0) is 0 Å². The lowest BCUT2D eigenvalue weighted by Crippen LogP contribution is -2.17. The Hall–Kier alpha value is -0.990. The maximum absolute atomic E-state index is 12.1. The van der Waals surface area contributed by atoms with Crippen LogP contribution in [0.5, 0.6) is 0 Å². The number of alkyl halides is 3. The van der Waals surface area contributed by atoms with Crippen LogP contribution < -0.4 is 0 Å². The Morgan fingerprint density at radius 2 is 2.08 bits per heavy atom. The standard InChI is InChI=1S/C9H8F3/c1-7(9(10,11)12)8-5-3-2-4-6-8/h2-3,5-7H,1H3/t7-/m0/s1. The first-order valence-electron chi connectivity index (χ1n) is 3.54. The van der Waals surface area contributed by atoms with Crippen molar-refractivity contribution in [3.8, 4) is 0 Å². The fraction of sp³-hybridized carbons (Fsp3) is 0.333. The summed E-state index contributed by atoms with van der Waals surface area (Å²) in [7, 11) is 0. The van der Waals surface area contributed by atoms with Gasteiger partial charge in [0.25, 0.3) is 0 Å². The van der Waals surface area contributed by atoms with Gasteiger partial charge in [-0.1, -0.05) is 24.3 Å². The minimum absolute atomic E-state index is 0.255. The molecule has 0 aliphatic heterocycles. The summed E-state index contributed by atoms with van der Waals surface area (Å²) >= 11 is 0. The summed E-state index contributed by atoms with van der Waals surface area (Å²) in [6, 6.07) is 8.56. The third-order valence-electron chi connectivity index (χ3n) is 1.72. The van der Waals surface area contributed by atoms with E-state index >= 15 is 0 Å².